The molecule has 0 spiro atoms. The van der Waals surface area contributed by atoms with Crippen LogP contribution in [-0.4, -0.2) is 19.9 Å². The molecule has 0 unspecified atom stereocenters. The summed E-state index contributed by atoms with van der Waals surface area (Å²) in [7, 11) is 0. The van der Waals surface area contributed by atoms with Crippen molar-refractivity contribution in [2.75, 3.05) is 0 Å². The van der Waals surface area contributed by atoms with Gasteiger partial charge in [-0.2, -0.15) is 0 Å². The molecule has 4 heteroatoms. The molecule has 11 aromatic rings. The second-order valence-corrected chi connectivity index (χ2v) is 20.6. The molecule has 2 aliphatic rings. The third-order valence-corrected chi connectivity index (χ3v) is 15.0. The van der Waals surface area contributed by atoms with E-state index < -0.39 is 0 Å². The van der Waals surface area contributed by atoms with Crippen molar-refractivity contribution in [3.63, 3.8) is 0 Å². The molecule has 0 saturated heterocycles. The first-order chi connectivity index (χ1) is 33.0. The van der Waals surface area contributed by atoms with Crippen LogP contribution in [0.2, 0.25) is 0 Å². The highest BCUT2D eigenvalue weighted by Gasteiger charge is 2.31. The summed E-state index contributed by atoms with van der Waals surface area (Å²) in [5.74, 6) is 0.503. The Balaban J connectivity index is 1.37. The molecule has 0 fully saturated rings. The summed E-state index contributed by atoms with van der Waals surface area (Å²) >= 11 is 0. The number of hydrogen-bond donors (Lipinski definition) is 2. The quantitative estimate of drug-likeness (QED) is 0.185. The lowest BCUT2D eigenvalue weighted by Gasteiger charge is -2.13. The maximum atomic E-state index is 6.01. The molecule has 4 nitrogen and oxygen atoms in total. The minimum atomic E-state index is 0.126. The number of nitrogens with zero attached hydrogens (tertiary/aromatic N) is 2. The maximum Gasteiger partial charge on any atom is 0.0772 e. The van der Waals surface area contributed by atoms with E-state index in [2.05, 4.69) is 211 Å². The van der Waals surface area contributed by atoms with Crippen molar-refractivity contribution in [2.24, 2.45) is 0 Å². The first-order valence-corrected chi connectivity index (χ1v) is 24.6. The summed E-state index contributed by atoms with van der Waals surface area (Å²) in [6, 6.07) is 54.5. The van der Waals surface area contributed by atoms with Gasteiger partial charge in [-0.1, -0.05) is 152 Å². The Bertz CT molecular complexity index is 3630. The van der Waals surface area contributed by atoms with Gasteiger partial charge in [0, 0.05) is 66.1 Å². The largest absolute Gasteiger partial charge is 0.354 e. The standard InChI is InChI=1S/C64H54N4/c1-33(2)53-57-45-25-37-17-9-11-19-39(37)27-47(45)59(65-57)54(34(3)4)61-49-29-41-21-13-15-23-43(41)31-51(49)63(67-61)56(36(7)8)64-52-32-44-24-16-14-22-42(44)30-50(52)62(68-64)55(35(5)6)60-48-28-40-20-12-10-18-38(40)26-46(48)58(53)66-60/h9-36,65,68H,1-8H3. The highest BCUT2D eigenvalue weighted by Crippen LogP contribution is 2.51. The van der Waals surface area contributed by atoms with Gasteiger partial charge in [0.05, 0.1) is 44.8 Å². The van der Waals surface area contributed by atoms with Gasteiger partial charge in [0.1, 0.15) is 0 Å². The molecule has 3 aromatic heterocycles. The Kier molecular flexibility index (Phi) is 8.96. The van der Waals surface area contributed by atoms with Crippen molar-refractivity contribution in [2.45, 2.75) is 79.1 Å². The van der Waals surface area contributed by atoms with E-state index in [0.29, 0.717) is 0 Å². The van der Waals surface area contributed by atoms with Gasteiger partial charge in [-0.3, -0.25) is 0 Å². The van der Waals surface area contributed by atoms with Crippen molar-refractivity contribution in [3.05, 3.63) is 168 Å². The number of aromatic amines is 2. The van der Waals surface area contributed by atoms with Crippen molar-refractivity contribution in [1.82, 2.24) is 19.9 Å². The molecule has 0 amide bonds. The molecular formula is C64H54N4. The van der Waals surface area contributed by atoms with E-state index in [9.17, 15) is 0 Å². The summed E-state index contributed by atoms with van der Waals surface area (Å²) in [5, 5.41) is 14.6. The van der Waals surface area contributed by atoms with Gasteiger partial charge in [0.25, 0.3) is 0 Å². The number of nitrogens with one attached hydrogen (secondary N) is 2. The maximum absolute atomic E-state index is 6.01. The fourth-order valence-corrected chi connectivity index (χ4v) is 11.9. The van der Waals surface area contributed by atoms with Crippen molar-refractivity contribution in [1.29, 1.82) is 0 Å². The molecule has 13 rings (SSSR count). The molecule has 0 atom stereocenters. The van der Waals surface area contributed by atoms with Crippen LogP contribution in [-0.2, 0) is 0 Å². The van der Waals surface area contributed by atoms with E-state index >= 15 is 0 Å². The molecule has 0 aliphatic carbocycles. The Morgan fingerprint density at radius 1 is 0.279 bits per heavy atom. The number of rotatable bonds is 4. The Hall–Kier alpha value is -7.56. The lowest BCUT2D eigenvalue weighted by atomic mass is 9.89. The van der Waals surface area contributed by atoms with Gasteiger partial charge in [-0.25, -0.2) is 9.97 Å². The number of benzene rings is 8. The third kappa shape index (κ3) is 5.92. The van der Waals surface area contributed by atoms with E-state index in [4.69, 9.17) is 9.97 Å². The predicted octanol–water partition coefficient (Wildman–Crippen LogP) is 18.4. The van der Waals surface area contributed by atoms with E-state index in [-0.39, 0.29) is 23.7 Å². The number of fused-ring (bicyclic) bond motifs is 24. The summed E-state index contributed by atoms with van der Waals surface area (Å²) in [5.41, 5.74) is 18.2. The van der Waals surface area contributed by atoms with E-state index in [0.717, 1.165) is 44.8 Å². The van der Waals surface area contributed by atoms with Crippen LogP contribution < -0.4 is 0 Å². The fourth-order valence-electron chi connectivity index (χ4n) is 11.9. The van der Waals surface area contributed by atoms with Crippen LogP contribution in [0.5, 0.6) is 0 Å². The monoisotopic (exact) mass is 878 g/mol. The van der Waals surface area contributed by atoms with Crippen LogP contribution in [0.25, 0.3) is 132 Å². The summed E-state index contributed by atoms with van der Waals surface area (Å²) in [4.78, 5) is 20.5. The topological polar surface area (TPSA) is 57.4 Å². The smallest absolute Gasteiger partial charge is 0.0772 e. The average molecular weight is 879 g/mol. The molecule has 0 radical (unpaired) electrons. The number of hydrogen-bond acceptors (Lipinski definition) is 2. The first-order valence-electron chi connectivity index (χ1n) is 24.6. The molecule has 2 N–H and O–H groups in total. The molecule has 330 valence electrons. The Morgan fingerprint density at radius 3 is 0.662 bits per heavy atom. The van der Waals surface area contributed by atoms with Gasteiger partial charge in [-0.05, 0) is 115 Å². The second kappa shape index (κ2) is 15.0. The molecule has 8 bridgehead atoms. The van der Waals surface area contributed by atoms with Gasteiger partial charge >= 0.3 is 0 Å². The van der Waals surface area contributed by atoms with Crippen LogP contribution in [0.4, 0.5) is 0 Å². The highest BCUT2D eigenvalue weighted by atomic mass is 14.8. The van der Waals surface area contributed by atoms with Crippen molar-refractivity contribution in [3.8, 4) is 45.0 Å². The molecular weight excluding hydrogens is 825 g/mol. The van der Waals surface area contributed by atoms with Gasteiger partial charge in [-0.15, -0.1) is 0 Å². The van der Waals surface area contributed by atoms with E-state index in [1.807, 2.05) is 0 Å². The molecule has 8 aromatic carbocycles. The lowest BCUT2D eigenvalue weighted by Crippen LogP contribution is -1.95. The summed E-state index contributed by atoms with van der Waals surface area (Å²) in [6.07, 6.45) is 0. The van der Waals surface area contributed by atoms with Gasteiger partial charge in [0.15, 0.2) is 0 Å². The second-order valence-electron chi connectivity index (χ2n) is 20.6. The zero-order chi connectivity index (χ0) is 46.3. The molecule has 68 heavy (non-hydrogen) atoms. The molecule has 0 saturated carbocycles. The van der Waals surface area contributed by atoms with E-state index in [1.54, 1.807) is 0 Å². The lowest BCUT2D eigenvalue weighted by molar-refractivity contribution is 0.862. The highest BCUT2D eigenvalue weighted by molar-refractivity contribution is 6.18. The molecule has 2 aliphatic heterocycles. The third-order valence-electron chi connectivity index (χ3n) is 15.0. The Morgan fingerprint density at radius 2 is 0.471 bits per heavy atom. The van der Waals surface area contributed by atoms with Crippen LogP contribution in [0.1, 0.15) is 101 Å². The van der Waals surface area contributed by atoms with Crippen molar-refractivity contribution >= 4 is 86.7 Å². The zero-order valence-corrected chi connectivity index (χ0v) is 40.1. The minimum absolute atomic E-state index is 0.126. The summed E-state index contributed by atoms with van der Waals surface area (Å²) < 4.78 is 0. The van der Waals surface area contributed by atoms with Gasteiger partial charge < -0.3 is 9.97 Å². The van der Waals surface area contributed by atoms with Crippen molar-refractivity contribution < 1.29 is 0 Å². The van der Waals surface area contributed by atoms with Gasteiger partial charge in [0.2, 0.25) is 0 Å². The number of aromatic nitrogens is 4. The summed E-state index contributed by atoms with van der Waals surface area (Å²) in [6.45, 7) is 18.7. The fraction of sp³-hybridized carbons (Fsp3) is 0.188. The minimum Gasteiger partial charge on any atom is -0.354 e. The van der Waals surface area contributed by atoms with Crippen LogP contribution in [0, 0.1) is 0 Å². The Labute approximate surface area is 396 Å². The normalized spacial score (nSPS) is 12.6. The van der Waals surface area contributed by atoms with Crippen LogP contribution in [0.3, 0.4) is 0 Å². The van der Waals surface area contributed by atoms with E-state index in [1.165, 1.54) is 109 Å². The average Bonchev–Trinajstić information content (AvgIpc) is 4.07. The first kappa shape index (κ1) is 40.7. The molecule has 5 heterocycles. The SMILES string of the molecule is CC(C)c1c2nc(c(C(C)C)c3[nH]c(c(C(C)C)c4nc(c(C(C)C)c5[nH]c1c1cc6ccccc6cc51)-c1cc5ccccc5cc1-4)c1cc4ccccc4cc31)-c1cc3ccccc3cc1-2. The number of H-pyrrole nitrogens is 2. The predicted molar refractivity (Wildman–Crippen MR) is 291 cm³/mol. The van der Waals surface area contributed by atoms with Crippen LogP contribution >= 0.6 is 0 Å². The zero-order valence-electron chi connectivity index (χ0n) is 40.1. The van der Waals surface area contributed by atoms with Crippen LogP contribution in [0.15, 0.2) is 146 Å².